The molecule has 20 heavy (non-hydrogen) atoms. The molecule has 4 nitrogen and oxygen atoms in total. The molecule has 1 aliphatic heterocycles. The molecule has 0 atom stereocenters. The standard InChI is InChI=1S/C14H27N3O.2ClH/c1-3-17-8-6-13(7-9-17)16(2)14(18)11-15-10-12-4-5-12;;/h12-13,15H,3-11H2,1-2H3;2*1H. The highest BCUT2D eigenvalue weighted by Crippen LogP contribution is 2.27. The monoisotopic (exact) mass is 325 g/mol. The smallest absolute Gasteiger partial charge is 0.236 e. The van der Waals surface area contributed by atoms with Crippen molar-refractivity contribution in [2.24, 2.45) is 5.92 Å². The van der Waals surface area contributed by atoms with Crippen LogP contribution in [0.5, 0.6) is 0 Å². The van der Waals surface area contributed by atoms with Crippen LogP contribution in [0.2, 0.25) is 0 Å². The van der Waals surface area contributed by atoms with Gasteiger partial charge in [-0.15, -0.1) is 24.8 Å². The topological polar surface area (TPSA) is 35.6 Å². The molecule has 0 spiro atoms. The summed E-state index contributed by atoms with van der Waals surface area (Å²) in [6.07, 6.45) is 4.93. The number of nitrogens with zero attached hydrogens (tertiary/aromatic N) is 2. The summed E-state index contributed by atoms with van der Waals surface area (Å²) in [6.45, 7) is 7.14. The fourth-order valence-corrected chi connectivity index (χ4v) is 2.66. The molecule has 1 saturated heterocycles. The van der Waals surface area contributed by atoms with Crippen LogP contribution >= 0.6 is 24.8 Å². The Labute approximate surface area is 135 Å². The third-order valence-corrected chi connectivity index (χ3v) is 4.35. The third kappa shape index (κ3) is 6.17. The molecule has 2 rings (SSSR count). The average Bonchev–Trinajstić information content (AvgIpc) is 3.22. The van der Waals surface area contributed by atoms with E-state index in [1.165, 1.54) is 12.8 Å². The number of nitrogens with one attached hydrogen (secondary N) is 1. The molecule has 0 bridgehead atoms. The van der Waals surface area contributed by atoms with Crippen LogP contribution in [0.25, 0.3) is 0 Å². The second kappa shape index (κ2) is 9.82. The average molecular weight is 326 g/mol. The van der Waals surface area contributed by atoms with Crippen molar-refractivity contribution >= 4 is 30.7 Å². The van der Waals surface area contributed by atoms with E-state index in [9.17, 15) is 4.79 Å². The largest absolute Gasteiger partial charge is 0.342 e. The Morgan fingerprint density at radius 2 is 1.80 bits per heavy atom. The van der Waals surface area contributed by atoms with Crippen molar-refractivity contribution in [3.8, 4) is 0 Å². The third-order valence-electron chi connectivity index (χ3n) is 4.35. The number of likely N-dealkylation sites (N-methyl/N-ethyl adjacent to an activating group) is 1. The zero-order chi connectivity index (χ0) is 13.0. The van der Waals surface area contributed by atoms with Crippen molar-refractivity contribution in [1.29, 1.82) is 0 Å². The lowest BCUT2D eigenvalue weighted by molar-refractivity contribution is -0.131. The second-order valence-electron chi connectivity index (χ2n) is 5.74. The van der Waals surface area contributed by atoms with Crippen LogP contribution < -0.4 is 5.32 Å². The maximum Gasteiger partial charge on any atom is 0.236 e. The van der Waals surface area contributed by atoms with Crippen molar-refractivity contribution in [1.82, 2.24) is 15.1 Å². The SMILES string of the molecule is CCN1CCC(N(C)C(=O)CNCC2CC2)CC1.Cl.Cl. The predicted octanol–water partition coefficient (Wildman–Crippen LogP) is 1.77. The van der Waals surface area contributed by atoms with Crippen LogP contribution in [-0.2, 0) is 4.79 Å². The maximum absolute atomic E-state index is 12.0. The highest BCUT2D eigenvalue weighted by atomic mass is 35.5. The van der Waals surface area contributed by atoms with E-state index >= 15 is 0 Å². The van der Waals surface area contributed by atoms with Crippen LogP contribution in [-0.4, -0.2) is 61.5 Å². The first-order valence-corrected chi connectivity index (χ1v) is 7.39. The fourth-order valence-electron chi connectivity index (χ4n) is 2.66. The highest BCUT2D eigenvalue weighted by molar-refractivity contribution is 5.85. The van der Waals surface area contributed by atoms with Crippen molar-refractivity contribution < 1.29 is 4.79 Å². The van der Waals surface area contributed by atoms with Gasteiger partial charge in [-0.1, -0.05) is 6.92 Å². The number of hydrogen-bond donors (Lipinski definition) is 1. The molecule has 1 heterocycles. The van der Waals surface area contributed by atoms with E-state index in [0.29, 0.717) is 12.6 Å². The summed E-state index contributed by atoms with van der Waals surface area (Å²) in [5, 5.41) is 3.29. The van der Waals surface area contributed by atoms with E-state index in [1.54, 1.807) is 0 Å². The van der Waals surface area contributed by atoms with Gasteiger partial charge in [-0.3, -0.25) is 4.79 Å². The fraction of sp³-hybridized carbons (Fsp3) is 0.929. The highest BCUT2D eigenvalue weighted by Gasteiger charge is 2.25. The van der Waals surface area contributed by atoms with E-state index in [2.05, 4.69) is 17.1 Å². The minimum Gasteiger partial charge on any atom is -0.342 e. The molecule has 1 aliphatic carbocycles. The number of amides is 1. The normalized spacial score (nSPS) is 19.9. The van der Waals surface area contributed by atoms with Gasteiger partial charge in [0.25, 0.3) is 0 Å². The Morgan fingerprint density at radius 3 is 2.30 bits per heavy atom. The number of piperidine rings is 1. The number of carbonyl (C=O) groups is 1. The first-order chi connectivity index (χ1) is 8.70. The predicted molar refractivity (Wildman–Crippen MR) is 88.0 cm³/mol. The quantitative estimate of drug-likeness (QED) is 0.808. The van der Waals surface area contributed by atoms with Gasteiger partial charge in [0.2, 0.25) is 5.91 Å². The minimum absolute atomic E-state index is 0. The molecular formula is C14H29Cl2N3O. The van der Waals surface area contributed by atoms with Crippen LogP contribution in [0, 0.1) is 5.92 Å². The molecule has 6 heteroatoms. The molecule has 0 aromatic carbocycles. The van der Waals surface area contributed by atoms with Gasteiger partial charge in [-0.2, -0.15) is 0 Å². The van der Waals surface area contributed by atoms with E-state index in [4.69, 9.17) is 0 Å². The lowest BCUT2D eigenvalue weighted by Gasteiger charge is -2.36. The van der Waals surface area contributed by atoms with Gasteiger partial charge >= 0.3 is 0 Å². The molecule has 0 radical (unpaired) electrons. The molecule has 0 aromatic rings. The molecule has 1 amide bonds. The van der Waals surface area contributed by atoms with Gasteiger partial charge in [-0.25, -0.2) is 0 Å². The summed E-state index contributed by atoms with van der Waals surface area (Å²) in [5.41, 5.74) is 0. The number of halogens is 2. The second-order valence-corrected chi connectivity index (χ2v) is 5.74. The number of rotatable bonds is 6. The zero-order valence-electron chi connectivity index (χ0n) is 12.6. The van der Waals surface area contributed by atoms with E-state index in [1.807, 2.05) is 11.9 Å². The summed E-state index contributed by atoms with van der Waals surface area (Å²) in [7, 11) is 1.97. The maximum atomic E-state index is 12.0. The first-order valence-electron chi connectivity index (χ1n) is 7.39. The van der Waals surface area contributed by atoms with Crippen LogP contribution in [0.1, 0.15) is 32.6 Å². The van der Waals surface area contributed by atoms with Crippen molar-refractivity contribution in [3.05, 3.63) is 0 Å². The van der Waals surface area contributed by atoms with Crippen LogP contribution in [0.15, 0.2) is 0 Å². The van der Waals surface area contributed by atoms with Gasteiger partial charge < -0.3 is 15.1 Å². The van der Waals surface area contributed by atoms with Gasteiger partial charge in [0.05, 0.1) is 6.54 Å². The van der Waals surface area contributed by atoms with Crippen molar-refractivity contribution in [3.63, 3.8) is 0 Å². The molecule has 2 aliphatic rings. The number of carbonyl (C=O) groups excluding carboxylic acids is 1. The lowest BCUT2D eigenvalue weighted by atomic mass is 10.0. The molecular weight excluding hydrogens is 297 g/mol. The molecule has 0 unspecified atom stereocenters. The van der Waals surface area contributed by atoms with Gasteiger partial charge in [0.15, 0.2) is 0 Å². The summed E-state index contributed by atoms with van der Waals surface area (Å²) < 4.78 is 0. The summed E-state index contributed by atoms with van der Waals surface area (Å²) in [4.78, 5) is 16.5. The molecule has 2 fully saturated rings. The Balaban J connectivity index is 0.00000180. The van der Waals surface area contributed by atoms with E-state index in [0.717, 1.165) is 44.9 Å². The van der Waals surface area contributed by atoms with Crippen molar-refractivity contribution in [2.75, 3.05) is 39.8 Å². The number of likely N-dealkylation sites (tertiary alicyclic amines) is 1. The molecule has 1 saturated carbocycles. The van der Waals surface area contributed by atoms with Crippen LogP contribution in [0.3, 0.4) is 0 Å². The first kappa shape index (κ1) is 20.0. The zero-order valence-corrected chi connectivity index (χ0v) is 14.3. The molecule has 120 valence electrons. The minimum atomic E-state index is 0. The van der Waals surface area contributed by atoms with Gasteiger partial charge in [0, 0.05) is 26.2 Å². The van der Waals surface area contributed by atoms with Crippen LogP contribution in [0.4, 0.5) is 0 Å². The summed E-state index contributed by atoms with van der Waals surface area (Å²) >= 11 is 0. The summed E-state index contributed by atoms with van der Waals surface area (Å²) in [5.74, 6) is 1.10. The Bertz CT molecular complexity index is 280. The van der Waals surface area contributed by atoms with E-state index < -0.39 is 0 Å². The van der Waals surface area contributed by atoms with Gasteiger partial charge in [0.1, 0.15) is 0 Å². The Kier molecular flexibility index (Phi) is 9.81. The van der Waals surface area contributed by atoms with Crippen molar-refractivity contribution in [2.45, 2.75) is 38.6 Å². The molecule has 1 N–H and O–H groups in total. The Hall–Kier alpha value is -0.0300. The lowest BCUT2D eigenvalue weighted by Crippen LogP contribution is -2.47. The van der Waals surface area contributed by atoms with E-state index in [-0.39, 0.29) is 30.7 Å². The summed E-state index contributed by atoms with van der Waals surface area (Å²) in [6, 6.07) is 0.447. The number of hydrogen-bond acceptors (Lipinski definition) is 3. The molecule has 0 aromatic heterocycles. The Morgan fingerprint density at radius 1 is 1.20 bits per heavy atom. The van der Waals surface area contributed by atoms with Gasteiger partial charge in [-0.05, 0) is 44.7 Å².